The van der Waals surface area contributed by atoms with E-state index in [4.69, 9.17) is 21.4 Å². The summed E-state index contributed by atoms with van der Waals surface area (Å²) in [6, 6.07) is 1.95. The van der Waals surface area contributed by atoms with Gasteiger partial charge < -0.3 is 9.84 Å². The zero-order chi connectivity index (χ0) is 11.4. The van der Waals surface area contributed by atoms with Gasteiger partial charge in [0.2, 0.25) is 0 Å². The Morgan fingerprint density at radius 1 is 1.40 bits per heavy atom. The fraction of sp³-hybridized carbons (Fsp3) is 0.500. The van der Waals surface area contributed by atoms with Crippen molar-refractivity contribution < 1.29 is 9.84 Å². The summed E-state index contributed by atoms with van der Waals surface area (Å²) in [6.45, 7) is 4.15. The van der Waals surface area contributed by atoms with Crippen molar-refractivity contribution in [2.75, 3.05) is 13.7 Å². The van der Waals surface area contributed by atoms with Crippen molar-refractivity contribution in [1.82, 2.24) is 0 Å². The maximum absolute atomic E-state index is 8.83. The van der Waals surface area contributed by atoms with Crippen LogP contribution in [0.2, 0.25) is 5.02 Å². The fourth-order valence-electron chi connectivity index (χ4n) is 1.71. The summed E-state index contributed by atoms with van der Waals surface area (Å²) in [6.07, 6.45) is 1.53. The van der Waals surface area contributed by atoms with Crippen molar-refractivity contribution in [2.45, 2.75) is 26.7 Å². The molecule has 15 heavy (non-hydrogen) atoms. The van der Waals surface area contributed by atoms with Crippen LogP contribution >= 0.6 is 11.6 Å². The molecule has 0 fully saturated rings. The highest BCUT2D eigenvalue weighted by Crippen LogP contribution is 2.32. The smallest absolute Gasteiger partial charge is 0.122 e. The first-order valence-corrected chi connectivity index (χ1v) is 5.43. The number of ether oxygens (including phenoxy) is 1. The Morgan fingerprint density at radius 3 is 2.60 bits per heavy atom. The molecule has 0 bridgehead atoms. The predicted octanol–water partition coefficient (Wildman–Crippen LogP) is 2.89. The minimum atomic E-state index is 0.189. The first-order valence-electron chi connectivity index (χ1n) is 5.05. The van der Waals surface area contributed by atoms with Crippen molar-refractivity contribution in [3.8, 4) is 5.75 Å². The van der Waals surface area contributed by atoms with Crippen molar-refractivity contribution in [1.29, 1.82) is 0 Å². The van der Waals surface area contributed by atoms with Gasteiger partial charge in [-0.25, -0.2) is 0 Å². The van der Waals surface area contributed by atoms with Gasteiger partial charge in [0.15, 0.2) is 0 Å². The van der Waals surface area contributed by atoms with Gasteiger partial charge in [0.05, 0.1) is 7.11 Å². The van der Waals surface area contributed by atoms with E-state index in [2.05, 4.69) is 0 Å². The molecule has 1 aromatic carbocycles. The normalized spacial score (nSPS) is 10.5. The molecule has 0 heterocycles. The molecule has 0 amide bonds. The quantitative estimate of drug-likeness (QED) is 0.859. The molecule has 0 spiro atoms. The van der Waals surface area contributed by atoms with Gasteiger partial charge in [-0.3, -0.25) is 0 Å². The molecular weight excluding hydrogens is 212 g/mol. The number of aliphatic hydroxyl groups excluding tert-OH is 1. The van der Waals surface area contributed by atoms with Crippen molar-refractivity contribution >= 4 is 11.6 Å². The lowest BCUT2D eigenvalue weighted by atomic mass is 10.00. The topological polar surface area (TPSA) is 29.5 Å². The lowest BCUT2D eigenvalue weighted by Crippen LogP contribution is -1.99. The molecule has 0 aliphatic carbocycles. The third kappa shape index (κ3) is 2.64. The summed E-state index contributed by atoms with van der Waals surface area (Å²) >= 11 is 6.17. The fourth-order valence-corrected chi connectivity index (χ4v) is 1.88. The highest BCUT2D eigenvalue weighted by Gasteiger charge is 2.11. The van der Waals surface area contributed by atoms with E-state index in [1.807, 2.05) is 19.9 Å². The maximum Gasteiger partial charge on any atom is 0.122 e. The van der Waals surface area contributed by atoms with Crippen LogP contribution in [0.5, 0.6) is 5.75 Å². The van der Waals surface area contributed by atoms with Crippen LogP contribution in [0.15, 0.2) is 6.07 Å². The average molecular weight is 229 g/mol. The Bertz CT molecular complexity index is 348. The average Bonchev–Trinajstić information content (AvgIpc) is 2.24. The second-order valence-corrected chi connectivity index (χ2v) is 4.02. The molecule has 3 heteroatoms. The molecule has 84 valence electrons. The van der Waals surface area contributed by atoms with E-state index in [1.165, 1.54) is 0 Å². The number of rotatable bonds is 4. The van der Waals surface area contributed by atoms with Crippen LogP contribution < -0.4 is 4.74 Å². The summed E-state index contributed by atoms with van der Waals surface area (Å²) in [5.74, 6) is 0.864. The number of aliphatic hydroxyl groups is 1. The molecular formula is C12H17ClO2. The van der Waals surface area contributed by atoms with E-state index in [0.717, 1.165) is 40.3 Å². The molecule has 1 N–H and O–H groups in total. The Morgan fingerprint density at radius 2 is 2.07 bits per heavy atom. The number of benzene rings is 1. The molecule has 2 nitrogen and oxygen atoms in total. The number of hydrogen-bond donors (Lipinski definition) is 1. The zero-order valence-corrected chi connectivity index (χ0v) is 10.2. The van der Waals surface area contributed by atoms with E-state index < -0.39 is 0 Å². The van der Waals surface area contributed by atoms with Gasteiger partial charge in [0.25, 0.3) is 0 Å². The Labute approximate surface area is 95.8 Å². The third-order valence-corrected chi connectivity index (χ3v) is 3.16. The number of halogens is 1. The van der Waals surface area contributed by atoms with E-state index in [0.29, 0.717) is 0 Å². The van der Waals surface area contributed by atoms with Crippen molar-refractivity contribution in [3.63, 3.8) is 0 Å². The SMILES string of the molecule is COc1cc(C)c(Cl)c(C)c1CCCO. The lowest BCUT2D eigenvalue weighted by molar-refractivity contribution is 0.287. The van der Waals surface area contributed by atoms with Crippen molar-refractivity contribution in [3.05, 3.63) is 27.8 Å². The summed E-state index contributed by atoms with van der Waals surface area (Å²) in [7, 11) is 1.66. The predicted molar refractivity (Wildman–Crippen MR) is 62.9 cm³/mol. The zero-order valence-electron chi connectivity index (χ0n) is 9.43. The minimum absolute atomic E-state index is 0.189. The summed E-state index contributed by atoms with van der Waals surface area (Å²) in [4.78, 5) is 0. The maximum atomic E-state index is 8.83. The number of aryl methyl sites for hydroxylation is 1. The minimum Gasteiger partial charge on any atom is -0.496 e. The van der Waals surface area contributed by atoms with Gasteiger partial charge in [-0.2, -0.15) is 0 Å². The molecule has 1 aromatic rings. The van der Waals surface area contributed by atoms with Crippen LogP contribution in [-0.4, -0.2) is 18.8 Å². The lowest BCUT2D eigenvalue weighted by Gasteiger charge is -2.14. The molecule has 0 atom stereocenters. The summed E-state index contributed by atoms with van der Waals surface area (Å²) in [5.41, 5.74) is 3.18. The molecule has 0 saturated heterocycles. The van der Waals surface area contributed by atoms with E-state index in [9.17, 15) is 0 Å². The second-order valence-electron chi connectivity index (χ2n) is 3.64. The summed E-state index contributed by atoms with van der Waals surface area (Å²) < 4.78 is 5.32. The van der Waals surface area contributed by atoms with Gasteiger partial charge in [0, 0.05) is 11.6 Å². The molecule has 1 rings (SSSR count). The second kappa shape index (κ2) is 5.38. The van der Waals surface area contributed by atoms with Crippen LogP contribution in [0.3, 0.4) is 0 Å². The van der Waals surface area contributed by atoms with Crippen LogP contribution in [0.25, 0.3) is 0 Å². The monoisotopic (exact) mass is 228 g/mol. The first kappa shape index (κ1) is 12.3. The van der Waals surface area contributed by atoms with Gasteiger partial charge >= 0.3 is 0 Å². The van der Waals surface area contributed by atoms with Crippen LogP contribution in [0.1, 0.15) is 23.1 Å². The number of methoxy groups -OCH3 is 1. The van der Waals surface area contributed by atoms with Crippen LogP contribution in [0.4, 0.5) is 0 Å². The molecule has 0 unspecified atom stereocenters. The first-order chi connectivity index (χ1) is 7.11. The van der Waals surface area contributed by atoms with Gasteiger partial charge in [-0.1, -0.05) is 11.6 Å². The van der Waals surface area contributed by atoms with Crippen LogP contribution in [-0.2, 0) is 6.42 Å². The van der Waals surface area contributed by atoms with E-state index in [-0.39, 0.29) is 6.61 Å². The summed E-state index contributed by atoms with van der Waals surface area (Å²) in [5, 5.41) is 9.63. The molecule has 0 aliphatic rings. The van der Waals surface area contributed by atoms with Gasteiger partial charge in [-0.05, 0) is 49.4 Å². The molecule has 0 saturated carbocycles. The van der Waals surface area contributed by atoms with Gasteiger partial charge in [0.1, 0.15) is 5.75 Å². The number of hydrogen-bond acceptors (Lipinski definition) is 2. The van der Waals surface area contributed by atoms with Gasteiger partial charge in [-0.15, -0.1) is 0 Å². The van der Waals surface area contributed by atoms with E-state index >= 15 is 0 Å². The Kier molecular flexibility index (Phi) is 4.43. The highest BCUT2D eigenvalue weighted by atomic mass is 35.5. The molecule has 0 radical (unpaired) electrons. The largest absolute Gasteiger partial charge is 0.496 e. The third-order valence-electron chi connectivity index (χ3n) is 2.58. The molecule has 0 aliphatic heterocycles. The highest BCUT2D eigenvalue weighted by molar-refractivity contribution is 6.32. The van der Waals surface area contributed by atoms with Crippen molar-refractivity contribution in [2.24, 2.45) is 0 Å². The Balaban J connectivity index is 3.15. The van der Waals surface area contributed by atoms with E-state index in [1.54, 1.807) is 7.11 Å². The van der Waals surface area contributed by atoms with Crippen LogP contribution in [0, 0.1) is 13.8 Å². The standard InChI is InChI=1S/C12H17ClO2/c1-8-7-11(15-3)10(5-4-6-14)9(2)12(8)13/h7,14H,4-6H2,1-3H3. The Hall–Kier alpha value is -0.730. The molecule has 0 aromatic heterocycles.